The van der Waals surface area contributed by atoms with Crippen molar-refractivity contribution >= 4 is 30.0 Å². The van der Waals surface area contributed by atoms with Crippen LogP contribution in [0.3, 0.4) is 0 Å². The molecule has 2 aromatic carbocycles. The lowest BCUT2D eigenvalue weighted by Gasteiger charge is -2.29. The number of nitrogens with zero attached hydrogens (tertiary/aromatic N) is 2. The van der Waals surface area contributed by atoms with Gasteiger partial charge in [0.2, 0.25) is 0 Å². The maximum Gasteiger partial charge on any atom is 0.336 e. The van der Waals surface area contributed by atoms with E-state index in [1.807, 2.05) is 18.2 Å². The summed E-state index contributed by atoms with van der Waals surface area (Å²) in [6.07, 6.45) is 0.893. The van der Waals surface area contributed by atoms with E-state index in [9.17, 15) is 24.8 Å². The van der Waals surface area contributed by atoms with Crippen LogP contribution in [0.4, 0.5) is 5.69 Å². The SMILES string of the molecule is CC1=C(C(=O)O)[C@H](c2cccc([N+](=O)[O-])c2)C(C(=O)OC[C@H]2CCN(Cc3ccccc3)C2)=C(C)N1.Cl. The van der Waals surface area contributed by atoms with Crippen LogP contribution in [0, 0.1) is 16.0 Å². The van der Waals surface area contributed by atoms with Crippen LogP contribution in [0.15, 0.2) is 77.1 Å². The Balaban J connectivity index is 0.00000380. The number of allylic oxidation sites excluding steroid dienone is 2. The van der Waals surface area contributed by atoms with Crippen LogP contribution < -0.4 is 5.32 Å². The number of non-ortho nitro benzene ring substituents is 1. The number of hydrogen-bond acceptors (Lipinski definition) is 7. The summed E-state index contributed by atoms with van der Waals surface area (Å²) < 4.78 is 5.71. The Labute approximate surface area is 221 Å². The highest BCUT2D eigenvalue weighted by atomic mass is 35.5. The van der Waals surface area contributed by atoms with Gasteiger partial charge in [-0.1, -0.05) is 42.5 Å². The number of likely N-dealkylation sites (tertiary alicyclic amines) is 1. The highest BCUT2D eigenvalue weighted by molar-refractivity contribution is 5.99. The second-order valence-electron chi connectivity index (χ2n) is 9.27. The van der Waals surface area contributed by atoms with Gasteiger partial charge in [-0.2, -0.15) is 0 Å². The molecule has 196 valence electrons. The highest BCUT2D eigenvalue weighted by Gasteiger charge is 2.38. The van der Waals surface area contributed by atoms with E-state index in [-0.39, 0.29) is 41.8 Å². The number of aliphatic carboxylic acids is 1. The molecule has 2 aliphatic rings. The first-order chi connectivity index (χ1) is 17.2. The van der Waals surface area contributed by atoms with Crippen LogP contribution in [0.2, 0.25) is 0 Å². The maximum atomic E-state index is 13.3. The fourth-order valence-corrected chi connectivity index (χ4v) is 5.00. The molecular formula is C27H30ClN3O6. The van der Waals surface area contributed by atoms with Gasteiger partial charge in [-0.3, -0.25) is 15.0 Å². The number of carboxylic acids is 1. The van der Waals surface area contributed by atoms with Gasteiger partial charge in [0.05, 0.1) is 28.6 Å². The van der Waals surface area contributed by atoms with E-state index in [0.717, 1.165) is 26.1 Å². The molecule has 4 rings (SSSR count). The van der Waals surface area contributed by atoms with Gasteiger partial charge in [-0.15, -0.1) is 12.4 Å². The summed E-state index contributed by atoms with van der Waals surface area (Å²) in [5, 5.41) is 24.3. The minimum absolute atomic E-state index is 0. The van der Waals surface area contributed by atoms with E-state index in [0.29, 0.717) is 17.0 Å². The third kappa shape index (κ3) is 6.36. The zero-order valence-electron chi connectivity index (χ0n) is 20.7. The molecule has 0 aromatic heterocycles. The van der Waals surface area contributed by atoms with Gasteiger partial charge in [0, 0.05) is 42.5 Å². The van der Waals surface area contributed by atoms with Gasteiger partial charge in [-0.25, -0.2) is 9.59 Å². The van der Waals surface area contributed by atoms with Gasteiger partial charge >= 0.3 is 11.9 Å². The maximum absolute atomic E-state index is 13.3. The van der Waals surface area contributed by atoms with Crippen molar-refractivity contribution in [3.8, 4) is 0 Å². The first kappa shape index (κ1) is 27.9. The van der Waals surface area contributed by atoms with Gasteiger partial charge in [0.25, 0.3) is 5.69 Å². The zero-order chi connectivity index (χ0) is 25.8. The monoisotopic (exact) mass is 527 g/mol. The Morgan fingerprint density at radius 3 is 2.49 bits per heavy atom. The summed E-state index contributed by atoms with van der Waals surface area (Å²) in [5.74, 6) is -2.65. The molecule has 0 unspecified atom stereocenters. The number of carboxylic acid groups (broad SMARTS) is 1. The predicted molar refractivity (Wildman–Crippen MR) is 140 cm³/mol. The third-order valence-corrected chi connectivity index (χ3v) is 6.69. The molecule has 0 bridgehead atoms. The zero-order valence-corrected chi connectivity index (χ0v) is 21.5. The molecule has 2 aromatic rings. The van der Waals surface area contributed by atoms with Gasteiger partial charge in [0.15, 0.2) is 0 Å². The molecule has 0 amide bonds. The normalized spacial score (nSPS) is 19.7. The Hall–Kier alpha value is -3.69. The van der Waals surface area contributed by atoms with E-state index in [1.165, 1.54) is 23.8 Å². The third-order valence-electron chi connectivity index (χ3n) is 6.69. The van der Waals surface area contributed by atoms with E-state index in [4.69, 9.17) is 4.74 Å². The number of ether oxygens (including phenoxy) is 1. The second kappa shape index (κ2) is 12.0. The molecule has 9 nitrogen and oxygen atoms in total. The molecule has 0 spiro atoms. The number of esters is 1. The largest absolute Gasteiger partial charge is 0.478 e. The number of carbonyl (C=O) groups excluding carboxylic acids is 1. The molecule has 1 saturated heterocycles. The second-order valence-corrected chi connectivity index (χ2v) is 9.27. The van der Waals surface area contributed by atoms with Crippen LogP contribution in [0.1, 0.15) is 37.3 Å². The number of nitrogens with one attached hydrogen (secondary N) is 1. The van der Waals surface area contributed by atoms with Gasteiger partial charge in [-0.05, 0) is 37.9 Å². The predicted octanol–water partition coefficient (Wildman–Crippen LogP) is 4.40. The molecule has 37 heavy (non-hydrogen) atoms. The molecule has 0 saturated carbocycles. The van der Waals surface area contributed by atoms with Crippen molar-refractivity contribution < 1.29 is 24.4 Å². The summed E-state index contributed by atoms with van der Waals surface area (Å²) in [7, 11) is 0. The summed E-state index contributed by atoms with van der Waals surface area (Å²) in [6.45, 7) is 6.04. The smallest absolute Gasteiger partial charge is 0.336 e. The molecule has 10 heteroatoms. The molecule has 2 aliphatic heterocycles. The van der Waals surface area contributed by atoms with Gasteiger partial charge in [0.1, 0.15) is 0 Å². The van der Waals surface area contributed by atoms with Crippen LogP contribution in [0.5, 0.6) is 0 Å². The molecular weight excluding hydrogens is 498 g/mol. The van der Waals surface area contributed by atoms with Crippen LogP contribution in [0.25, 0.3) is 0 Å². The Bertz CT molecular complexity index is 1240. The lowest BCUT2D eigenvalue weighted by atomic mass is 9.80. The van der Waals surface area contributed by atoms with Crippen molar-refractivity contribution in [1.82, 2.24) is 10.2 Å². The number of carbonyl (C=O) groups is 2. The van der Waals surface area contributed by atoms with Crippen molar-refractivity contribution in [2.75, 3.05) is 19.7 Å². The first-order valence-corrected chi connectivity index (χ1v) is 11.8. The molecule has 1 fully saturated rings. The minimum atomic E-state index is -1.21. The lowest BCUT2D eigenvalue weighted by Crippen LogP contribution is -2.32. The fourth-order valence-electron chi connectivity index (χ4n) is 5.00. The van der Waals surface area contributed by atoms with Crippen LogP contribution >= 0.6 is 12.4 Å². The average Bonchev–Trinajstić information content (AvgIpc) is 3.29. The fraction of sp³-hybridized carbons (Fsp3) is 0.333. The molecule has 0 radical (unpaired) electrons. The number of hydrogen-bond donors (Lipinski definition) is 2. The topological polar surface area (TPSA) is 122 Å². The first-order valence-electron chi connectivity index (χ1n) is 11.8. The van der Waals surface area contributed by atoms with Crippen molar-refractivity contribution in [3.05, 3.63) is 98.4 Å². The summed E-state index contributed by atoms with van der Waals surface area (Å²) in [4.78, 5) is 38.6. The Kier molecular flexibility index (Phi) is 9.07. The molecule has 2 atom stereocenters. The number of rotatable bonds is 8. The van der Waals surface area contributed by atoms with Crippen molar-refractivity contribution in [1.29, 1.82) is 0 Å². The van der Waals surface area contributed by atoms with Crippen molar-refractivity contribution in [2.24, 2.45) is 5.92 Å². The number of dihydropyridines is 1. The van der Waals surface area contributed by atoms with Crippen LogP contribution in [-0.4, -0.2) is 46.6 Å². The Morgan fingerprint density at radius 1 is 1.11 bits per heavy atom. The van der Waals surface area contributed by atoms with E-state index in [2.05, 4.69) is 22.3 Å². The van der Waals surface area contributed by atoms with Gasteiger partial charge < -0.3 is 15.2 Å². The summed E-state index contributed by atoms with van der Waals surface area (Å²) >= 11 is 0. The summed E-state index contributed by atoms with van der Waals surface area (Å²) in [6, 6.07) is 15.9. The Morgan fingerprint density at radius 2 is 1.81 bits per heavy atom. The quantitative estimate of drug-likeness (QED) is 0.294. The highest BCUT2D eigenvalue weighted by Crippen LogP contribution is 2.39. The standard InChI is InChI=1S/C27H29N3O6.ClH/c1-17-23(26(31)32)25(21-9-6-10-22(13-21)30(34)35)24(18(2)28-17)27(33)36-16-20-11-12-29(15-20)14-19-7-4-3-5-8-19;/h3-10,13,20,25,28H,11-12,14-16H2,1-2H3,(H,31,32);1H/t20-,25-;/m0./s1. The lowest BCUT2D eigenvalue weighted by molar-refractivity contribution is -0.384. The van der Waals surface area contributed by atoms with Crippen LogP contribution in [-0.2, 0) is 20.9 Å². The molecule has 2 N–H and O–H groups in total. The number of nitro benzene ring substituents is 1. The number of nitro groups is 1. The molecule has 0 aliphatic carbocycles. The number of benzene rings is 2. The van der Waals surface area contributed by atoms with Crippen molar-refractivity contribution in [2.45, 2.75) is 32.7 Å². The van der Waals surface area contributed by atoms with E-state index >= 15 is 0 Å². The molecule has 2 heterocycles. The minimum Gasteiger partial charge on any atom is -0.478 e. The van der Waals surface area contributed by atoms with Crippen molar-refractivity contribution in [3.63, 3.8) is 0 Å². The summed E-state index contributed by atoms with van der Waals surface area (Å²) in [5.41, 5.74) is 2.36. The van der Waals surface area contributed by atoms with E-state index < -0.39 is 22.8 Å². The average molecular weight is 528 g/mol. The van der Waals surface area contributed by atoms with E-state index in [1.54, 1.807) is 19.9 Å². The number of halogens is 1.